The van der Waals surface area contributed by atoms with E-state index in [1.807, 2.05) is 60.9 Å². The number of methoxy groups -OCH3 is 1. The Morgan fingerprint density at radius 2 is 1.80 bits per heavy atom. The molecule has 3 aliphatic heterocycles. The lowest BCUT2D eigenvalue weighted by Crippen LogP contribution is -2.66. The SMILES string of the molecule is COc1ccc2[nH]c3c(c2c1)CCN1C(=O)C(CC(=O)NC(C)(C)C)C[C@H](C(=O)N2CCCCC2)[C@@]31CCc1ccccc1. The van der Waals surface area contributed by atoms with Crippen molar-refractivity contribution in [2.24, 2.45) is 11.8 Å². The molecule has 3 amide bonds. The van der Waals surface area contributed by atoms with Crippen LogP contribution in [0, 0.1) is 11.8 Å². The quantitative estimate of drug-likeness (QED) is 0.384. The number of nitrogens with zero attached hydrogens (tertiary/aromatic N) is 2. The Balaban J connectivity index is 1.49. The topological polar surface area (TPSA) is 94.7 Å². The summed E-state index contributed by atoms with van der Waals surface area (Å²) in [6.45, 7) is 7.83. The predicted octanol–water partition coefficient (Wildman–Crippen LogP) is 5.34. The van der Waals surface area contributed by atoms with E-state index in [4.69, 9.17) is 4.74 Å². The Morgan fingerprint density at radius 1 is 1.05 bits per heavy atom. The summed E-state index contributed by atoms with van der Waals surface area (Å²) in [6, 6.07) is 16.4. The summed E-state index contributed by atoms with van der Waals surface area (Å²) in [5.41, 5.74) is 3.05. The van der Waals surface area contributed by atoms with Gasteiger partial charge in [0.1, 0.15) is 5.75 Å². The van der Waals surface area contributed by atoms with Crippen molar-refractivity contribution in [2.75, 3.05) is 26.7 Å². The molecule has 2 aromatic carbocycles. The minimum Gasteiger partial charge on any atom is -0.497 e. The van der Waals surface area contributed by atoms with Gasteiger partial charge in [0.15, 0.2) is 0 Å². The van der Waals surface area contributed by atoms with Gasteiger partial charge < -0.3 is 24.8 Å². The molecule has 2 N–H and O–H groups in total. The van der Waals surface area contributed by atoms with Crippen molar-refractivity contribution < 1.29 is 19.1 Å². The van der Waals surface area contributed by atoms with Crippen LogP contribution in [0.4, 0.5) is 0 Å². The van der Waals surface area contributed by atoms with Crippen LogP contribution in [0.25, 0.3) is 10.9 Å². The first kappa shape index (κ1) is 30.2. The predicted molar refractivity (Wildman–Crippen MR) is 171 cm³/mol. The number of aryl methyl sites for hydroxylation is 1. The van der Waals surface area contributed by atoms with Crippen molar-refractivity contribution >= 4 is 28.6 Å². The van der Waals surface area contributed by atoms with Crippen LogP contribution < -0.4 is 10.1 Å². The monoisotopic (exact) mass is 598 g/mol. The highest BCUT2D eigenvalue weighted by molar-refractivity contribution is 5.93. The minimum absolute atomic E-state index is 0.0216. The highest BCUT2D eigenvalue weighted by Gasteiger charge is 2.59. The molecule has 0 spiro atoms. The number of piperidine rings is 2. The first-order valence-electron chi connectivity index (χ1n) is 16.2. The maximum absolute atomic E-state index is 14.8. The van der Waals surface area contributed by atoms with Gasteiger partial charge in [0.2, 0.25) is 17.7 Å². The largest absolute Gasteiger partial charge is 0.497 e. The van der Waals surface area contributed by atoms with E-state index in [2.05, 4.69) is 28.5 Å². The lowest BCUT2D eigenvalue weighted by Gasteiger charge is -2.56. The molecule has 6 rings (SSSR count). The third kappa shape index (κ3) is 5.59. The molecular weight excluding hydrogens is 552 g/mol. The number of rotatable bonds is 7. The number of carbonyl (C=O) groups excluding carboxylic acids is 3. The zero-order chi connectivity index (χ0) is 31.1. The van der Waals surface area contributed by atoms with Crippen LogP contribution in [0.3, 0.4) is 0 Å². The summed E-state index contributed by atoms with van der Waals surface area (Å²) in [4.78, 5) is 50.2. The Morgan fingerprint density at radius 3 is 2.50 bits per heavy atom. The smallest absolute Gasteiger partial charge is 0.228 e. The average molecular weight is 599 g/mol. The second-order valence-corrected chi connectivity index (χ2v) is 13.9. The van der Waals surface area contributed by atoms with E-state index in [1.54, 1.807) is 7.11 Å². The number of hydrogen-bond donors (Lipinski definition) is 2. The van der Waals surface area contributed by atoms with Crippen molar-refractivity contribution in [3.8, 4) is 5.75 Å². The fourth-order valence-corrected chi connectivity index (χ4v) is 7.93. The van der Waals surface area contributed by atoms with Crippen molar-refractivity contribution in [1.82, 2.24) is 20.1 Å². The number of benzene rings is 2. The molecule has 0 bridgehead atoms. The Labute approximate surface area is 260 Å². The molecule has 0 aliphatic carbocycles. The number of carbonyl (C=O) groups is 3. The average Bonchev–Trinajstić information content (AvgIpc) is 3.40. The van der Waals surface area contributed by atoms with E-state index in [-0.39, 0.29) is 24.1 Å². The lowest BCUT2D eigenvalue weighted by atomic mass is 9.64. The van der Waals surface area contributed by atoms with Gasteiger partial charge in [-0.1, -0.05) is 30.3 Å². The van der Waals surface area contributed by atoms with Crippen LogP contribution in [-0.2, 0) is 32.8 Å². The van der Waals surface area contributed by atoms with Crippen molar-refractivity contribution in [3.05, 3.63) is 65.4 Å². The molecule has 8 nitrogen and oxygen atoms in total. The summed E-state index contributed by atoms with van der Waals surface area (Å²) in [5, 5.41) is 4.13. The normalized spacial score (nSPS) is 23.7. The number of likely N-dealkylation sites (tertiary alicyclic amines) is 1. The van der Waals surface area contributed by atoms with Crippen LogP contribution in [-0.4, -0.2) is 64.8 Å². The molecule has 8 heteroatoms. The number of H-pyrrole nitrogens is 1. The first-order valence-corrected chi connectivity index (χ1v) is 16.2. The molecular formula is C36H46N4O4. The molecule has 2 fully saturated rings. The number of aromatic nitrogens is 1. The second kappa shape index (κ2) is 11.9. The number of aromatic amines is 1. The van der Waals surface area contributed by atoms with Crippen molar-refractivity contribution in [2.45, 2.75) is 83.2 Å². The third-order valence-electron chi connectivity index (χ3n) is 9.87. The Kier molecular flexibility index (Phi) is 8.20. The highest BCUT2D eigenvalue weighted by Crippen LogP contribution is 2.53. The second-order valence-electron chi connectivity index (χ2n) is 13.9. The molecule has 1 aromatic heterocycles. The van der Waals surface area contributed by atoms with E-state index < -0.39 is 22.9 Å². The molecule has 234 valence electrons. The zero-order valence-corrected chi connectivity index (χ0v) is 26.6. The molecule has 4 heterocycles. The summed E-state index contributed by atoms with van der Waals surface area (Å²) in [6.07, 6.45) is 5.57. The van der Waals surface area contributed by atoms with Gasteiger partial charge in [-0.05, 0) is 95.0 Å². The highest BCUT2D eigenvalue weighted by atomic mass is 16.5. The van der Waals surface area contributed by atoms with Gasteiger partial charge in [0.25, 0.3) is 0 Å². The summed E-state index contributed by atoms with van der Waals surface area (Å²) in [5.74, 6) is -0.291. The van der Waals surface area contributed by atoms with Gasteiger partial charge in [0, 0.05) is 54.1 Å². The molecule has 1 unspecified atom stereocenters. The number of ether oxygens (including phenoxy) is 1. The minimum atomic E-state index is -0.849. The van der Waals surface area contributed by atoms with Gasteiger partial charge in [-0.15, -0.1) is 0 Å². The van der Waals surface area contributed by atoms with Crippen LogP contribution in [0.2, 0.25) is 0 Å². The summed E-state index contributed by atoms with van der Waals surface area (Å²) in [7, 11) is 1.67. The molecule has 0 radical (unpaired) electrons. The van der Waals surface area contributed by atoms with E-state index in [1.165, 1.54) is 5.56 Å². The number of hydrogen-bond acceptors (Lipinski definition) is 4. The van der Waals surface area contributed by atoms with Crippen LogP contribution in [0.5, 0.6) is 5.75 Å². The van der Waals surface area contributed by atoms with E-state index in [0.29, 0.717) is 25.8 Å². The molecule has 44 heavy (non-hydrogen) atoms. The van der Waals surface area contributed by atoms with Gasteiger partial charge in [-0.25, -0.2) is 0 Å². The Hall–Kier alpha value is -3.81. The maximum Gasteiger partial charge on any atom is 0.228 e. The third-order valence-corrected chi connectivity index (χ3v) is 9.87. The van der Waals surface area contributed by atoms with Crippen molar-refractivity contribution in [1.29, 1.82) is 0 Å². The zero-order valence-electron chi connectivity index (χ0n) is 26.6. The van der Waals surface area contributed by atoms with Crippen LogP contribution in [0.1, 0.15) is 76.1 Å². The Bertz CT molecular complexity index is 1530. The number of amides is 3. The molecule has 3 aliphatic rings. The molecule has 3 atom stereocenters. The van der Waals surface area contributed by atoms with Gasteiger partial charge >= 0.3 is 0 Å². The number of fused-ring (bicyclic) bond motifs is 5. The van der Waals surface area contributed by atoms with E-state index in [9.17, 15) is 14.4 Å². The maximum atomic E-state index is 14.8. The lowest BCUT2D eigenvalue weighted by molar-refractivity contribution is -0.167. The molecule has 2 saturated heterocycles. The first-order chi connectivity index (χ1) is 21.1. The van der Waals surface area contributed by atoms with Crippen molar-refractivity contribution in [3.63, 3.8) is 0 Å². The fourth-order valence-electron chi connectivity index (χ4n) is 7.93. The van der Waals surface area contributed by atoms with E-state index in [0.717, 1.165) is 66.7 Å². The number of nitrogens with one attached hydrogen (secondary N) is 2. The van der Waals surface area contributed by atoms with E-state index >= 15 is 0 Å². The molecule has 0 saturated carbocycles. The van der Waals surface area contributed by atoms with Gasteiger partial charge in [-0.2, -0.15) is 0 Å². The van der Waals surface area contributed by atoms with Gasteiger partial charge in [-0.3, -0.25) is 14.4 Å². The summed E-state index contributed by atoms with van der Waals surface area (Å²) < 4.78 is 5.58. The van der Waals surface area contributed by atoms with Crippen LogP contribution in [0.15, 0.2) is 48.5 Å². The van der Waals surface area contributed by atoms with Gasteiger partial charge in [0.05, 0.1) is 18.6 Å². The summed E-state index contributed by atoms with van der Waals surface area (Å²) >= 11 is 0. The molecule has 3 aromatic rings. The fraction of sp³-hybridized carbons (Fsp3) is 0.528. The standard InChI is InChI=1S/C36H46N4O4/c1-35(2,3)38-31(41)22-25-21-29(34(43)39-18-9-6-10-19-39)36(17-15-24-11-7-5-8-12-24)32-27(16-20-40(36)33(25)42)28-23-26(44-4)13-14-30(28)37-32/h5,7-8,11-14,23,25,29,37H,6,9-10,15-22H2,1-4H3,(H,38,41)/t25?,29-,36+/m1/s1. The van der Waals surface area contributed by atoms with Crippen LogP contribution >= 0.6 is 0 Å².